The molecule has 1 heterocycles. The van der Waals surface area contributed by atoms with Crippen molar-refractivity contribution in [2.24, 2.45) is 5.73 Å². The van der Waals surface area contributed by atoms with E-state index in [1.165, 1.54) is 0 Å². The molecule has 0 spiro atoms. The van der Waals surface area contributed by atoms with Crippen LogP contribution in [0.15, 0.2) is 30.3 Å². The standard InChI is InChI=1S/C13H14N2O2/c1-8-2-3-10-6-9(4-5-12(10)15-8)11(14)7-13(16)17/h2-6,11H,7,14H2,1H3,(H,16,17). The summed E-state index contributed by atoms with van der Waals surface area (Å²) in [6, 6.07) is 9.03. The molecule has 4 heteroatoms. The van der Waals surface area contributed by atoms with E-state index in [4.69, 9.17) is 10.8 Å². The van der Waals surface area contributed by atoms with Crippen molar-refractivity contribution in [3.05, 3.63) is 41.6 Å². The van der Waals surface area contributed by atoms with E-state index in [9.17, 15) is 4.79 Å². The highest BCUT2D eigenvalue weighted by atomic mass is 16.4. The molecular weight excluding hydrogens is 216 g/mol. The van der Waals surface area contributed by atoms with Gasteiger partial charge in [-0.3, -0.25) is 9.78 Å². The van der Waals surface area contributed by atoms with Gasteiger partial charge in [0, 0.05) is 17.1 Å². The zero-order chi connectivity index (χ0) is 12.4. The summed E-state index contributed by atoms with van der Waals surface area (Å²) in [4.78, 5) is 15.0. The maximum Gasteiger partial charge on any atom is 0.305 e. The highest BCUT2D eigenvalue weighted by Gasteiger charge is 2.11. The van der Waals surface area contributed by atoms with E-state index in [0.29, 0.717) is 0 Å². The first-order chi connectivity index (χ1) is 8.06. The summed E-state index contributed by atoms with van der Waals surface area (Å²) in [5.41, 5.74) is 8.50. The lowest BCUT2D eigenvalue weighted by atomic mass is 10.0. The Morgan fingerprint density at radius 3 is 2.88 bits per heavy atom. The van der Waals surface area contributed by atoms with Gasteiger partial charge < -0.3 is 10.8 Å². The molecule has 0 aliphatic carbocycles. The van der Waals surface area contributed by atoms with Crippen molar-refractivity contribution in [3.8, 4) is 0 Å². The van der Waals surface area contributed by atoms with Crippen LogP contribution in [0.5, 0.6) is 0 Å². The highest BCUT2D eigenvalue weighted by Crippen LogP contribution is 2.20. The third-order valence-electron chi connectivity index (χ3n) is 2.68. The van der Waals surface area contributed by atoms with Crippen LogP contribution in [0.3, 0.4) is 0 Å². The molecular formula is C13H14N2O2. The number of carbonyl (C=O) groups is 1. The predicted octanol–water partition coefficient (Wildman–Crippen LogP) is 2.02. The van der Waals surface area contributed by atoms with Gasteiger partial charge in [-0.2, -0.15) is 0 Å². The molecule has 0 radical (unpaired) electrons. The molecule has 2 aromatic rings. The molecule has 1 aromatic heterocycles. The minimum atomic E-state index is -0.889. The molecule has 0 bridgehead atoms. The van der Waals surface area contributed by atoms with Crippen LogP contribution in [0.1, 0.15) is 23.7 Å². The van der Waals surface area contributed by atoms with Crippen molar-refractivity contribution in [1.29, 1.82) is 0 Å². The first kappa shape index (κ1) is 11.5. The van der Waals surface area contributed by atoms with Crippen molar-refractivity contribution >= 4 is 16.9 Å². The van der Waals surface area contributed by atoms with Crippen molar-refractivity contribution < 1.29 is 9.90 Å². The van der Waals surface area contributed by atoms with Crippen LogP contribution in [0.4, 0.5) is 0 Å². The Bertz CT molecular complexity index is 566. The highest BCUT2D eigenvalue weighted by molar-refractivity contribution is 5.79. The quantitative estimate of drug-likeness (QED) is 0.845. The van der Waals surface area contributed by atoms with E-state index < -0.39 is 12.0 Å². The molecule has 2 rings (SSSR count). The Labute approximate surface area is 99.1 Å². The maximum absolute atomic E-state index is 10.6. The first-order valence-corrected chi connectivity index (χ1v) is 5.41. The van der Waals surface area contributed by atoms with Gasteiger partial charge in [-0.05, 0) is 30.7 Å². The number of hydrogen-bond donors (Lipinski definition) is 2. The lowest BCUT2D eigenvalue weighted by molar-refractivity contribution is -0.137. The van der Waals surface area contributed by atoms with E-state index in [2.05, 4.69) is 4.98 Å². The van der Waals surface area contributed by atoms with Crippen LogP contribution in [-0.2, 0) is 4.79 Å². The van der Waals surface area contributed by atoms with Gasteiger partial charge in [0.2, 0.25) is 0 Å². The summed E-state index contributed by atoms with van der Waals surface area (Å²) in [6.45, 7) is 1.93. The normalized spacial score (nSPS) is 12.6. The van der Waals surface area contributed by atoms with Crippen LogP contribution >= 0.6 is 0 Å². The fourth-order valence-corrected chi connectivity index (χ4v) is 1.78. The Hall–Kier alpha value is -1.94. The van der Waals surface area contributed by atoms with Crippen LogP contribution in [0.25, 0.3) is 10.9 Å². The van der Waals surface area contributed by atoms with Gasteiger partial charge in [0.15, 0.2) is 0 Å². The molecule has 1 unspecified atom stereocenters. The molecule has 0 saturated carbocycles. The van der Waals surface area contributed by atoms with Crippen molar-refractivity contribution in [2.45, 2.75) is 19.4 Å². The fraction of sp³-hybridized carbons (Fsp3) is 0.231. The summed E-state index contributed by atoms with van der Waals surface area (Å²) in [6.07, 6.45) is -0.0647. The van der Waals surface area contributed by atoms with Gasteiger partial charge in [-0.15, -0.1) is 0 Å². The maximum atomic E-state index is 10.6. The van der Waals surface area contributed by atoms with Gasteiger partial charge in [0.1, 0.15) is 0 Å². The van der Waals surface area contributed by atoms with Crippen LogP contribution in [0, 0.1) is 6.92 Å². The number of pyridine rings is 1. The topological polar surface area (TPSA) is 76.2 Å². The molecule has 0 saturated heterocycles. The average Bonchev–Trinajstić information content (AvgIpc) is 2.27. The lowest BCUT2D eigenvalue weighted by Crippen LogP contribution is -2.14. The Morgan fingerprint density at radius 1 is 1.41 bits per heavy atom. The van der Waals surface area contributed by atoms with E-state index in [-0.39, 0.29) is 6.42 Å². The third-order valence-corrected chi connectivity index (χ3v) is 2.68. The number of aryl methyl sites for hydroxylation is 1. The number of rotatable bonds is 3. The number of hydrogen-bond acceptors (Lipinski definition) is 3. The molecule has 3 N–H and O–H groups in total. The van der Waals surface area contributed by atoms with Crippen LogP contribution < -0.4 is 5.73 Å². The minimum Gasteiger partial charge on any atom is -0.481 e. The summed E-state index contributed by atoms with van der Waals surface area (Å²) in [7, 11) is 0. The number of carboxylic acid groups (broad SMARTS) is 1. The predicted molar refractivity (Wildman–Crippen MR) is 65.7 cm³/mol. The number of nitrogens with two attached hydrogens (primary N) is 1. The molecule has 88 valence electrons. The van der Waals surface area contributed by atoms with Crippen molar-refractivity contribution in [1.82, 2.24) is 4.98 Å². The number of benzene rings is 1. The number of fused-ring (bicyclic) bond motifs is 1. The van der Waals surface area contributed by atoms with Gasteiger partial charge in [-0.25, -0.2) is 0 Å². The molecule has 0 aliphatic rings. The average molecular weight is 230 g/mol. The van der Waals surface area contributed by atoms with E-state index in [1.54, 1.807) is 0 Å². The Morgan fingerprint density at radius 2 is 2.18 bits per heavy atom. The van der Waals surface area contributed by atoms with E-state index in [1.807, 2.05) is 37.3 Å². The first-order valence-electron chi connectivity index (χ1n) is 5.41. The summed E-state index contributed by atoms with van der Waals surface area (Å²) in [5, 5.41) is 9.68. The van der Waals surface area contributed by atoms with E-state index in [0.717, 1.165) is 22.2 Å². The lowest BCUT2D eigenvalue weighted by Gasteiger charge is -2.10. The second-order valence-corrected chi connectivity index (χ2v) is 4.11. The summed E-state index contributed by atoms with van der Waals surface area (Å²) >= 11 is 0. The number of nitrogens with zero attached hydrogens (tertiary/aromatic N) is 1. The Balaban J connectivity index is 2.37. The number of carboxylic acids is 1. The molecule has 1 atom stereocenters. The fourth-order valence-electron chi connectivity index (χ4n) is 1.78. The third kappa shape index (κ3) is 2.60. The monoisotopic (exact) mass is 230 g/mol. The second kappa shape index (κ2) is 4.51. The molecule has 17 heavy (non-hydrogen) atoms. The molecule has 0 amide bonds. The summed E-state index contributed by atoms with van der Waals surface area (Å²) in [5.74, 6) is -0.889. The van der Waals surface area contributed by atoms with Crippen molar-refractivity contribution in [3.63, 3.8) is 0 Å². The molecule has 4 nitrogen and oxygen atoms in total. The molecule has 0 fully saturated rings. The zero-order valence-corrected chi connectivity index (χ0v) is 9.55. The zero-order valence-electron chi connectivity index (χ0n) is 9.55. The Kier molecular flexibility index (Phi) is 3.06. The van der Waals surface area contributed by atoms with Crippen molar-refractivity contribution in [2.75, 3.05) is 0 Å². The largest absolute Gasteiger partial charge is 0.481 e. The van der Waals surface area contributed by atoms with E-state index >= 15 is 0 Å². The van der Waals surface area contributed by atoms with Gasteiger partial charge in [-0.1, -0.05) is 12.1 Å². The molecule has 1 aromatic carbocycles. The smallest absolute Gasteiger partial charge is 0.305 e. The minimum absolute atomic E-state index is 0.0647. The van der Waals surface area contributed by atoms with Gasteiger partial charge in [0.25, 0.3) is 0 Å². The van der Waals surface area contributed by atoms with Crippen LogP contribution in [0.2, 0.25) is 0 Å². The number of aliphatic carboxylic acids is 1. The second-order valence-electron chi connectivity index (χ2n) is 4.11. The van der Waals surface area contributed by atoms with Crippen LogP contribution in [-0.4, -0.2) is 16.1 Å². The number of aromatic nitrogens is 1. The van der Waals surface area contributed by atoms with Gasteiger partial charge >= 0.3 is 5.97 Å². The summed E-state index contributed by atoms with van der Waals surface area (Å²) < 4.78 is 0. The SMILES string of the molecule is Cc1ccc2cc(C(N)CC(=O)O)ccc2n1. The van der Waals surface area contributed by atoms with Gasteiger partial charge in [0.05, 0.1) is 11.9 Å². The molecule has 0 aliphatic heterocycles.